The van der Waals surface area contributed by atoms with Gasteiger partial charge in [0, 0.05) is 10.5 Å². The van der Waals surface area contributed by atoms with Crippen LogP contribution in [0.2, 0.25) is 0 Å². The van der Waals surface area contributed by atoms with Gasteiger partial charge in [-0.15, -0.1) is 11.8 Å². The van der Waals surface area contributed by atoms with Crippen LogP contribution in [0.1, 0.15) is 26.3 Å². The highest BCUT2D eigenvalue weighted by molar-refractivity contribution is 8.09. The molecule has 2 unspecified atom stereocenters. The van der Waals surface area contributed by atoms with Crippen molar-refractivity contribution in [1.29, 1.82) is 0 Å². The highest BCUT2D eigenvalue weighted by Gasteiger charge is 2.54. The highest BCUT2D eigenvalue weighted by atomic mass is 32.2. The Balaban J connectivity index is 1.68. The lowest BCUT2D eigenvalue weighted by Crippen LogP contribution is -2.59. The van der Waals surface area contributed by atoms with E-state index in [0.717, 1.165) is 11.8 Å². The zero-order valence-electron chi connectivity index (χ0n) is 16.6. The molecule has 2 aromatic rings. The number of nitrogens with two attached hydrogens (primary N) is 1. The molecule has 10 heteroatoms. The first-order chi connectivity index (χ1) is 13.9. The Kier molecular flexibility index (Phi) is 4.85. The van der Waals surface area contributed by atoms with Crippen molar-refractivity contribution in [3.8, 4) is 11.3 Å². The van der Waals surface area contributed by atoms with Crippen molar-refractivity contribution >= 4 is 32.3 Å². The van der Waals surface area contributed by atoms with E-state index in [2.05, 4.69) is 9.98 Å². The number of thioether (sulfide) groups is 1. The minimum Gasteiger partial charge on any atom is -0.444 e. The second-order valence-electron chi connectivity index (χ2n) is 8.23. The maximum Gasteiger partial charge on any atom is 0.181 e. The molecule has 1 aromatic heterocycles. The molecule has 3 heterocycles. The zero-order chi connectivity index (χ0) is 21.9. The summed E-state index contributed by atoms with van der Waals surface area (Å²) in [5.74, 6) is -0.470. The van der Waals surface area contributed by atoms with Crippen LogP contribution in [0.3, 0.4) is 0 Å². The van der Waals surface area contributed by atoms with Crippen molar-refractivity contribution < 1.29 is 21.6 Å². The van der Waals surface area contributed by atoms with E-state index in [0.29, 0.717) is 21.8 Å². The summed E-state index contributed by atoms with van der Waals surface area (Å²) in [7, 11) is -3.64. The van der Waals surface area contributed by atoms with Gasteiger partial charge in [-0.2, -0.15) is 0 Å². The van der Waals surface area contributed by atoms with Crippen molar-refractivity contribution in [3.63, 3.8) is 0 Å². The molecule has 30 heavy (non-hydrogen) atoms. The van der Waals surface area contributed by atoms with Gasteiger partial charge in [-0.05, 0) is 50.6 Å². The number of allylic oxidation sites excluding steroid dienone is 1. The number of oxazole rings is 1. The van der Waals surface area contributed by atoms with Gasteiger partial charge in [0.1, 0.15) is 22.6 Å². The molecule has 0 saturated heterocycles. The lowest BCUT2D eigenvalue weighted by atomic mass is 9.95. The number of aromatic nitrogens is 1. The van der Waals surface area contributed by atoms with Crippen molar-refractivity contribution in [2.75, 3.05) is 5.75 Å². The minimum atomic E-state index is -3.64. The Morgan fingerprint density at radius 2 is 1.93 bits per heavy atom. The number of rotatable bonds is 3. The molecule has 0 aliphatic carbocycles. The summed E-state index contributed by atoms with van der Waals surface area (Å²) in [4.78, 5) is 8.76. The highest BCUT2D eigenvalue weighted by Crippen LogP contribution is 2.49. The maximum absolute atomic E-state index is 15.1. The Hall–Kier alpha value is -2.20. The normalized spacial score (nSPS) is 30.0. The van der Waals surface area contributed by atoms with Gasteiger partial charge in [0.25, 0.3) is 0 Å². The van der Waals surface area contributed by atoms with E-state index in [1.165, 1.54) is 44.6 Å². The molecular formula is C20H21F2N3O3S2. The summed E-state index contributed by atoms with van der Waals surface area (Å²) < 4.78 is 58.8. The van der Waals surface area contributed by atoms with E-state index in [9.17, 15) is 12.8 Å². The summed E-state index contributed by atoms with van der Waals surface area (Å²) in [6, 6.07) is 4.28. The molecular weight excluding hydrogens is 432 g/mol. The van der Waals surface area contributed by atoms with Crippen molar-refractivity contribution in [2.24, 2.45) is 10.7 Å². The topological polar surface area (TPSA) is 98.5 Å². The van der Waals surface area contributed by atoms with Crippen LogP contribution in [-0.4, -0.2) is 46.7 Å². The average molecular weight is 454 g/mol. The van der Waals surface area contributed by atoms with Crippen LogP contribution in [0.4, 0.5) is 8.78 Å². The molecule has 0 radical (unpaired) electrons. The number of alkyl halides is 1. The van der Waals surface area contributed by atoms with Gasteiger partial charge >= 0.3 is 0 Å². The van der Waals surface area contributed by atoms with Gasteiger partial charge < -0.3 is 10.2 Å². The first-order valence-corrected chi connectivity index (χ1v) is 11.8. The molecule has 6 nitrogen and oxygen atoms in total. The molecule has 160 valence electrons. The third kappa shape index (κ3) is 3.35. The molecule has 2 aliphatic rings. The first kappa shape index (κ1) is 21.0. The fraction of sp³-hybridized carbons (Fsp3) is 0.400. The van der Waals surface area contributed by atoms with Crippen molar-refractivity contribution in [3.05, 3.63) is 48.2 Å². The molecule has 1 aromatic carbocycles. The Morgan fingerprint density at radius 3 is 2.57 bits per heavy atom. The average Bonchev–Trinajstić information content (AvgIpc) is 3.29. The number of hydrogen-bond donors (Lipinski definition) is 1. The summed E-state index contributed by atoms with van der Waals surface area (Å²) in [5, 5.41) is -0.811. The van der Waals surface area contributed by atoms with Crippen LogP contribution >= 0.6 is 11.8 Å². The van der Waals surface area contributed by atoms with Gasteiger partial charge in [0.05, 0.1) is 22.7 Å². The summed E-state index contributed by atoms with van der Waals surface area (Å²) >= 11 is 1.14. The van der Waals surface area contributed by atoms with Gasteiger partial charge in [0.15, 0.2) is 22.0 Å². The Morgan fingerprint density at radius 1 is 1.23 bits per heavy atom. The van der Waals surface area contributed by atoms with Gasteiger partial charge in [-0.1, -0.05) is 0 Å². The molecule has 4 rings (SSSR count). The van der Waals surface area contributed by atoms with E-state index in [1.807, 2.05) is 0 Å². The van der Waals surface area contributed by atoms with Crippen molar-refractivity contribution in [2.45, 2.75) is 42.5 Å². The number of hydrogen-bond acceptors (Lipinski definition) is 7. The fourth-order valence-electron chi connectivity index (χ4n) is 3.65. The molecule has 0 spiro atoms. The largest absolute Gasteiger partial charge is 0.444 e. The van der Waals surface area contributed by atoms with Crippen LogP contribution in [0.5, 0.6) is 0 Å². The van der Waals surface area contributed by atoms with Gasteiger partial charge in [-0.3, -0.25) is 4.99 Å². The standard InChI is InChI=1S/C20H21F2N3O3S2/c1-19(2)18(23)25-20(3,9-30(19,26)27)17-14(22)7-16(29-17)12-4-11(5-13(21)6-12)15-8-24-10-28-15/h4-8,10,14,17H,9H2,1-3H3,(H2,23,25)/t14?,17?,20-/m0/s1. The van der Waals surface area contributed by atoms with Crippen LogP contribution < -0.4 is 5.73 Å². The molecule has 0 amide bonds. The Bertz CT molecular complexity index is 1160. The number of aliphatic imine (C=N–C) groups is 1. The van der Waals surface area contributed by atoms with Gasteiger partial charge in [-0.25, -0.2) is 22.2 Å². The molecule has 2 N–H and O–H groups in total. The molecule has 0 bridgehead atoms. The fourth-order valence-corrected chi connectivity index (χ4v) is 6.83. The third-order valence-corrected chi connectivity index (χ3v) is 9.99. The van der Waals surface area contributed by atoms with E-state index < -0.39 is 37.4 Å². The van der Waals surface area contributed by atoms with Crippen LogP contribution in [0.25, 0.3) is 16.2 Å². The Labute approximate surface area is 177 Å². The van der Waals surface area contributed by atoms with E-state index in [1.54, 1.807) is 13.0 Å². The summed E-state index contributed by atoms with van der Waals surface area (Å²) in [6.45, 7) is 4.59. The van der Waals surface area contributed by atoms with E-state index >= 15 is 4.39 Å². The number of amidine groups is 1. The van der Waals surface area contributed by atoms with Crippen LogP contribution in [0, 0.1) is 5.82 Å². The smallest absolute Gasteiger partial charge is 0.181 e. The number of halogens is 2. The predicted molar refractivity (Wildman–Crippen MR) is 114 cm³/mol. The lowest BCUT2D eigenvalue weighted by molar-refractivity contribution is 0.326. The number of sulfone groups is 1. The maximum atomic E-state index is 15.1. The summed E-state index contributed by atoms with van der Waals surface area (Å²) in [6.07, 6.45) is 2.60. The first-order valence-electron chi connectivity index (χ1n) is 9.23. The SMILES string of the molecule is CC1(C)C(N)=N[C@](C)(C2SC(c3cc(F)cc(-c4cnco4)c3)=CC2F)CS1(=O)=O. The monoisotopic (exact) mass is 453 g/mol. The number of nitrogens with zero attached hydrogens (tertiary/aromatic N) is 2. The van der Waals surface area contributed by atoms with Crippen LogP contribution in [-0.2, 0) is 9.84 Å². The quantitative estimate of drug-likeness (QED) is 0.763. The summed E-state index contributed by atoms with van der Waals surface area (Å²) in [5.41, 5.74) is 5.66. The molecule has 0 saturated carbocycles. The van der Waals surface area contributed by atoms with Crippen molar-refractivity contribution in [1.82, 2.24) is 4.98 Å². The number of benzene rings is 1. The molecule has 3 atom stereocenters. The minimum absolute atomic E-state index is 0.0316. The second kappa shape index (κ2) is 6.91. The van der Waals surface area contributed by atoms with Crippen LogP contribution in [0.15, 0.2) is 46.3 Å². The van der Waals surface area contributed by atoms with E-state index in [4.69, 9.17) is 10.2 Å². The predicted octanol–water partition coefficient (Wildman–Crippen LogP) is 3.60. The third-order valence-electron chi connectivity index (χ3n) is 5.62. The molecule has 0 fully saturated rings. The lowest BCUT2D eigenvalue weighted by Gasteiger charge is -2.40. The van der Waals surface area contributed by atoms with E-state index in [-0.39, 0.29) is 11.6 Å². The zero-order valence-corrected chi connectivity index (χ0v) is 18.2. The second-order valence-corrected chi connectivity index (χ2v) is 12.0. The molecule has 2 aliphatic heterocycles. The van der Waals surface area contributed by atoms with Gasteiger partial charge in [0.2, 0.25) is 0 Å².